The van der Waals surface area contributed by atoms with Crippen LogP contribution in [0.5, 0.6) is 5.75 Å². The van der Waals surface area contributed by atoms with Crippen molar-refractivity contribution >= 4 is 49.5 Å². The van der Waals surface area contributed by atoms with Gasteiger partial charge in [0, 0.05) is 17.6 Å². The van der Waals surface area contributed by atoms with E-state index in [1.807, 2.05) is 18.2 Å². The molecule has 1 unspecified atom stereocenters. The molecule has 0 spiro atoms. The Kier molecular flexibility index (Phi) is 4.75. The van der Waals surface area contributed by atoms with Crippen LogP contribution in [0.4, 0.5) is 11.6 Å². The van der Waals surface area contributed by atoms with Crippen LogP contribution >= 0.6 is 15.9 Å². The van der Waals surface area contributed by atoms with E-state index in [4.69, 9.17) is 20.9 Å². The summed E-state index contributed by atoms with van der Waals surface area (Å²) in [4.78, 5) is 13.1. The summed E-state index contributed by atoms with van der Waals surface area (Å²) in [5.74, 6) is 1.84. The van der Waals surface area contributed by atoms with E-state index in [2.05, 4.69) is 30.9 Å². The molecule has 2 fully saturated rings. The summed E-state index contributed by atoms with van der Waals surface area (Å²) < 4.78 is 14.9. The van der Waals surface area contributed by atoms with E-state index >= 15 is 0 Å². The maximum atomic E-state index is 11.4. The van der Waals surface area contributed by atoms with Crippen LogP contribution in [0.15, 0.2) is 41.0 Å². The minimum absolute atomic E-state index is 0.334. The normalized spacial score (nSPS) is 28.6. The first-order valence-electron chi connectivity index (χ1n) is 10.9. The number of hydrogen-bond acceptors (Lipinski definition) is 9. The number of aromatic nitrogens is 4. The predicted molar refractivity (Wildman–Crippen MR) is 129 cm³/mol. The van der Waals surface area contributed by atoms with E-state index in [-0.39, 0.29) is 0 Å². The van der Waals surface area contributed by atoms with Crippen LogP contribution in [-0.2, 0) is 4.74 Å². The molecule has 5 atom stereocenters. The number of halogens is 1. The van der Waals surface area contributed by atoms with Crippen LogP contribution in [0.1, 0.15) is 24.9 Å². The molecule has 0 bridgehead atoms. The van der Waals surface area contributed by atoms with Crippen molar-refractivity contribution in [2.24, 2.45) is 0 Å². The lowest BCUT2D eigenvalue weighted by atomic mass is 9.94. The summed E-state index contributed by atoms with van der Waals surface area (Å²) in [7, 11) is 0. The molecule has 1 saturated carbocycles. The highest BCUT2D eigenvalue weighted by Gasteiger charge is 2.62. The Morgan fingerprint density at radius 2 is 2.00 bits per heavy atom. The van der Waals surface area contributed by atoms with Crippen molar-refractivity contribution in [3.63, 3.8) is 0 Å². The number of aryl methyl sites for hydroxylation is 1. The van der Waals surface area contributed by atoms with Gasteiger partial charge in [0.25, 0.3) is 0 Å². The lowest BCUT2D eigenvalue weighted by Gasteiger charge is -2.26. The van der Waals surface area contributed by atoms with Gasteiger partial charge in [-0.3, -0.25) is 0 Å². The number of nitrogen functional groups attached to an aromatic ring is 2. The van der Waals surface area contributed by atoms with Gasteiger partial charge in [-0.1, -0.05) is 0 Å². The van der Waals surface area contributed by atoms with E-state index < -0.39 is 30.1 Å². The number of anilines is 2. The van der Waals surface area contributed by atoms with E-state index in [9.17, 15) is 10.2 Å². The van der Waals surface area contributed by atoms with Crippen LogP contribution in [-0.4, -0.2) is 53.6 Å². The zero-order chi connectivity index (χ0) is 23.8. The molecule has 34 heavy (non-hydrogen) atoms. The number of fused-ring (bicyclic) bond motifs is 3. The fourth-order valence-corrected chi connectivity index (χ4v) is 5.42. The Labute approximate surface area is 202 Å². The molecular formula is C23H23BrN6O4. The molecule has 3 aromatic heterocycles. The molecule has 4 aromatic rings. The lowest BCUT2D eigenvalue weighted by Crippen LogP contribution is -2.47. The molecule has 1 aliphatic carbocycles. The average Bonchev–Trinajstić information content (AvgIpc) is 3.42. The number of aliphatic hydroxyl groups is 2. The monoisotopic (exact) mass is 526 g/mol. The summed E-state index contributed by atoms with van der Waals surface area (Å²) in [6.45, 7) is 1.75. The summed E-state index contributed by atoms with van der Waals surface area (Å²) in [6, 6.07) is 9.22. The molecule has 11 heteroatoms. The molecule has 1 aliphatic heterocycles. The van der Waals surface area contributed by atoms with E-state index in [1.54, 1.807) is 29.8 Å². The number of nitrogens with two attached hydrogens (primary N) is 2. The van der Waals surface area contributed by atoms with Gasteiger partial charge in [-0.2, -0.15) is 0 Å². The molecule has 4 heterocycles. The van der Waals surface area contributed by atoms with Crippen molar-refractivity contribution in [2.75, 3.05) is 11.5 Å². The summed E-state index contributed by atoms with van der Waals surface area (Å²) in [5, 5.41) is 24.1. The fraction of sp³-hybridized carbons (Fsp3) is 0.348. The third kappa shape index (κ3) is 3.15. The zero-order valence-corrected chi connectivity index (χ0v) is 19.8. The second-order valence-corrected chi connectivity index (χ2v) is 9.76. The number of rotatable bonds is 3. The topological polar surface area (TPSA) is 155 Å². The first kappa shape index (κ1) is 21.5. The van der Waals surface area contributed by atoms with Gasteiger partial charge in [-0.25, -0.2) is 15.0 Å². The minimum Gasteiger partial charge on any atom is -0.488 e. The molecule has 6 rings (SSSR count). The molecule has 10 nitrogen and oxygen atoms in total. The minimum atomic E-state index is -1.45. The van der Waals surface area contributed by atoms with Gasteiger partial charge in [0.2, 0.25) is 0 Å². The average molecular weight is 527 g/mol. The Morgan fingerprint density at radius 3 is 2.82 bits per heavy atom. The molecule has 1 aromatic carbocycles. The highest BCUT2D eigenvalue weighted by molar-refractivity contribution is 9.10. The van der Waals surface area contributed by atoms with Gasteiger partial charge >= 0.3 is 0 Å². The lowest BCUT2D eigenvalue weighted by molar-refractivity contribution is -0.0791. The molecule has 6 N–H and O–H groups in total. The molecule has 0 radical (unpaired) electrons. The molecule has 2 aliphatic rings. The fourth-order valence-electron chi connectivity index (χ4n) is 5.08. The Morgan fingerprint density at radius 1 is 1.18 bits per heavy atom. The second-order valence-electron chi connectivity index (χ2n) is 8.90. The van der Waals surface area contributed by atoms with Gasteiger partial charge < -0.3 is 35.7 Å². The van der Waals surface area contributed by atoms with Crippen molar-refractivity contribution in [3.8, 4) is 5.75 Å². The van der Waals surface area contributed by atoms with Crippen molar-refractivity contribution in [1.29, 1.82) is 0 Å². The Bertz CT molecular complexity index is 1440. The van der Waals surface area contributed by atoms with Crippen molar-refractivity contribution in [3.05, 3.63) is 46.8 Å². The number of aliphatic hydroxyl groups excluding tert-OH is 1. The largest absolute Gasteiger partial charge is 0.488 e. The van der Waals surface area contributed by atoms with E-state index in [1.165, 1.54) is 0 Å². The van der Waals surface area contributed by atoms with Crippen LogP contribution in [0.25, 0.3) is 21.9 Å². The van der Waals surface area contributed by atoms with Gasteiger partial charge in [0.05, 0.1) is 15.4 Å². The first-order valence-corrected chi connectivity index (χ1v) is 11.7. The maximum Gasteiger partial charge on any atom is 0.164 e. The Hall–Kier alpha value is -2.99. The number of ether oxygens (including phenoxy) is 2. The summed E-state index contributed by atoms with van der Waals surface area (Å²) in [6.07, 6.45) is -0.611. The smallest absolute Gasteiger partial charge is 0.164 e. The van der Waals surface area contributed by atoms with Crippen LogP contribution in [0, 0.1) is 6.92 Å². The first-order chi connectivity index (χ1) is 16.2. The maximum absolute atomic E-state index is 11.4. The van der Waals surface area contributed by atoms with Gasteiger partial charge in [-0.05, 0) is 60.0 Å². The van der Waals surface area contributed by atoms with Crippen LogP contribution in [0.2, 0.25) is 0 Å². The number of hydrogen-bond donors (Lipinski definition) is 4. The van der Waals surface area contributed by atoms with Crippen molar-refractivity contribution < 1.29 is 19.7 Å². The molecule has 176 valence electrons. The number of benzene rings is 1. The quantitative estimate of drug-likeness (QED) is 0.315. The van der Waals surface area contributed by atoms with Crippen LogP contribution < -0.4 is 16.2 Å². The number of nitrogens with zero attached hydrogens (tertiary/aromatic N) is 4. The Balaban J connectivity index is 1.30. The molecular weight excluding hydrogens is 504 g/mol. The SMILES string of the molecule is Cc1nc(N)c2ccn([C@@H]3O[C@@H]4[C@@H](Oc5ccc6cc(Br)c(N)nc6c5)CC[C@]4(O)C3O)c2n1. The zero-order valence-electron chi connectivity index (χ0n) is 18.2. The van der Waals surface area contributed by atoms with Gasteiger partial charge in [-0.15, -0.1) is 0 Å². The van der Waals surface area contributed by atoms with Gasteiger partial charge in [0.1, 0.15) is 52.8 Å². The predicted octanol–water partition coefficient (Wildman–Crippen LogP) is 2.45. The third-order valence-electron chi connectivity index (χ3n) is 6.77. The van der Waals surface area contributed by atoms with E-state index in [0.717, 1.165) is 9.86 Å². The summed E-state index contributed by atoms with van der Waals surface area (Å²) in [5.41, 5.74) is 11.7. The van der Waals surface area contributed by atoms with E-state index in [0.29, 0.717) is 52.6 Å². The van der Waals surface area contributed by atoms with Crippen molar-refractivity contribution in [2.45, 2.75) is 49.9 Å². The molecule has 1 saturated heterocycles. The van der Waals surface area contributed by atoms with Crippen molar-refractivity contribution in [1.82, 2.24) is 19.5 Å². The molecule has 0 amide bonds. The third-order valence-corrected chi connectivity index (χ3v) is 7.41. The van der Waals surface area contributed by atoms with Gasteiger partial charge in [0.15, 0.2) is 6.23 Å². The van der Waals surface area contributed by atoms with Crippen LogP contribution in [0.3, 0.4) is 0 Å². The highest BCUT2D eigenvalue weighted by Crippen LogP contribution is 2.48. The number of pyridine rings is 1. The highest BCUT2D eigenvalue weighted by atomic mass is 79.9. The second kappa shape index (κ2) is 7.51. The standard InChI is InChI=1S/C23H23BrN6O4/c1-10-27-19(25)13-5-7-30(21(13)28-10)22-17(31)23(32)6-4-16(18(23)34-22)33-12-3-2-11-8-14(24)20(26)29-15(11)9-12/h2-3,5,7-9,16-18,22,31-32H,4,6H2,1H3,(H2,26,29)(H2,25,27,28)/t16-,17?,18+,22+,23-/m0/s1. The summed E-state index contributed by atoms with van der Waals surface area (Å²) >= 11 is 3.39.